The minimum atomic E-state index is -0.488. The summed E-state index contributed by atoms with van der Waals surface area (Å²) >= 11 is 0. The van der Waals surface area contributed by atoms with Gasteiger partial charge in [0.1, 0.15) is 5.82 Å². The Labute approximate surface area is 138 Å². The predicted octanol–water partition coefficient (Wildman–Crippen LogP) is 3.99. The van der Waals surface area contributed by atoms with E-state index >= 15 is 0 Å². The van der Waals surface area contributed by atoms with Crippen molar-refractivity contribution in [3.05, 3.63) is 90.0 Å². The van der Waals surface area contributed by atoms with E-state index in [0.29, 0.717) is 16.9 Å². The Hall–Kier alpha value is -3.21. The zero-order chi connectivity index (χ0) is 16.5. The molecule has 1 N–H and O–H groups in total. The van der Waals surface area contributed by atoms with E-state index in [9.17, 15) is 9.18 Å². The maximum Gasteiger partial charge on any atom is 0.262 e. The molecule has 0 unspecified atom stereocenters. The lowest BCUT2D eigenvalue weighted by Gasteiger charge is -2.26. The van der Waals surface area contributed by atoms with Crippen LogP contribution in [0.1, 0.15) is 22.2 Å². The SMILES string of the molecule is O=C1c2cccnc2[C@@H](Nc2cccc(F)c2)N1c1ccccc1. The van der Waals surface area contributed by atoms with Crippen LogP contribution in [0.5, 0.6) is 0 Å². The van der Waals surface area contributed by atoms with Crippen molar-refractivity contribution in [3.63, 3.8) is 0 Å². The molecule has 4 rings (SSSR count). The number of pyridine rings is 1. The Bertz CT molecular complexity index is 898. The highest BCUT2D eigenvalue weighted by Crippen LogP contribution is 2.36. The number of aromatic nitrogens is 1. The fourth-order valence-corrected chi connectivity index (χ4v) is 2.91. The molecule has 2 heterocycles. The van der Waals surface area contributed by atoms with Gasteiger partial charge in [0.25, 0.3) is 5.91 Å². The number of nitrogens with zero attached hydrogens (tertiary/aromatic N) is 2. The first-order valence-corrected chi connectivity index (χ1v) is 7.60. The van der Waals surface area contributed by atoms with Gasteiger partial charge in [-0.15, -0.1) is 0 Å². The molecule has 4 nitrogen and oxygen atoms in total. The smallest absolute Gasteiger partial charge is 0.262 e. The number of hydrogen-bond acceptors (Lipinski definition) is 3. The van der Waals surface area contributed by atoms with Gasteiger partial charge in [-0.05, 0) is 42.5 Å². The highest BCUT2D eigenvalue weighted by atomic mass is 19.1. The maximum atomic E-state index is 13.5. The number of carbonyl (C=O) groups excluding carboxylic acids is 1. The highest BCUT2D eigenvalue weighted by Gasteiger charge is 2.38. The van der Waals surface area contributed by atoms with Crippen LogP contribution in [0.25, 0.3) is 0 Å². The van der Waals surface area contributed by atoms with E-state index in [4.69, 9.17) is 0 Å². The van der Waals surface area contributed by atoms with Gasteiger partial charge < -0.3 is 5.32 Å². The molecule has 1 aliphatic heterocycles. The Kier molecular flexibility index (Phi) is 3.46. The van der Waals surface area contributed by atoms with Crippen LogP contribution in [0.15, 0.2) is 72.9 Å². The summed E-state index contributed by atoms with van der Waals surface area (Å²) < 4.78 is 13.5. The fraction of sp³-hybridized carbons (Fsp3) is 0.0526. The maximum absolute atomic E-state index is 13.5. The number of anilines is 2. The molecule has 3 aromatic rings. The summed E-state index contributed by atoms with van der Waals surface area (Å²) in [7, 11) is 0. The molecular formula is C19H14FN3O. The summed E-state index contributed by atoms with van der Waals surface area (Å²) in [6.45, 7) is 0. The molecule has 0 fully saturated rings. The Morgan fingerprint density at radius 1 is 1.00 bits per heavy atom. The van der Waals surface area contributed by atoms with Crippen LogP contribution < -0.4 is 10.2 Å². The number of halogens is 1. The van der Waals surface area contributed by atoms with Crippen LogP contribution in [-0.2, 0) is 0 Å². The van der Waals surface area contributed by atoms with Gasteiger partial charge in [-0.1, -0.05) is 24.3 Å². The summed E-state index contributed by atoms with van der Waals surface area (Å²) in [5.41, 5.74) is 2.53. The van der Waals surface area contributed by atoms with Crippen molar-refractivity contribution in [2.45, 2.75) is 6.17 Å². The summed E-state index contributed by atoms with van der Waals surface area (Å²) in [5, 5.41) is 3.22. The summed E-state index contributed by atoms with van der Waals surface area (Å²) in [4.78, 5) is 18.8. The molecule has 2 aromatic carbocycles. The summed E-state index contributed by atoms with van der Waals surface area (Å²) in [5.74, 6) is -0.463. The molecule has 1 aromatic heterocycles. The molecule has 24 heavy (non-hydrogen) atoms. The number of carbonyl (C=O) groups is 1. The molecule has 0 aliphatic carbocycles. The van der Waals surface area contributed by atoms with Gasteiger partial charge in [-0.3, -0.25) is 14.7 Å². The Morgan fingerprint density at radius 2 is 1.83 bits per heavy atom. The molecule has 0 spiro atoms. The number of rotatable bonds is 3. The monoisotopic (exact) mass is 319 g/mol. The van der Waals surface area contributed by atoms with E-state index in [0.717, 1.165) is 5.69 Å². The molecule has 1 amide bonds. The lowest BCUT2D eigenvalue weighted by Crippen LogP contribution is -2.32. The molecule has 5 heteroatoms. The molecule has 1 aliphatic rings. The zero-order valence-corrected chi connectivity index (χ0v) is 12.7. The van der Waals surface area contributed by atoms with Crippen molar-refractivity contribution in [1.82, 2.24) is 4.98 Å². The average molecular weight is 319 g/mol. The van der Waals surface area contributed by atoms with E-state index in [1.54, 1.807) is 35.4 Å². The van der Waals surface area contributed by atoms with Crippen LogP contribution in [0.4, 0.5) is 15.8 Å². The van der Waals surface area contributed by atoms with Crippen LogP contribution in [0.2, 0.25) is 0 Å². The van der Waals surface area contributed by atoms with Crippen molar-refractivity contribution in [1.29, 1.82) is 0 Å². The number of fused-ring (bicyclic) bond motifs is 1. The largest absolute Gasteiger partial charge is 0.360 e. The number of para-hydroxylation sites is 1. The van der Waals surface area contributed by atoms with E-state index < -0.39 is 6.17 Å². The molecule has 0 saturated heterocycles. The standard InChI is InChI=1S/C19H14FN3O/c20-13-6-4-7-14(12-13)22-18-17-16(10-5-11-21-17)19(24)23(18)15-8-2-1-3-9-15/h1-12,18,22H/t18-/m0/s1. The first-order chi connectivity index (χ1) is 11.7. The van der Waals surface area contributed by atoms with Gasteiger partial charge in [-0.25, -0.2) is 4.39 Å². The van der Waals surface area contributed by atoms with Crippen molar-refractivity contribution in [3.8, 4) is 0 Å². The van der Waals surface area contributed by atoms with Crippen molar-refractivity contribution >= 4 is 17.3 Å². The van der Waals surface area contributed by atoms with Crippen LogP contribution in [0, 0.1) is 5.82 Å². The number of benzene rings is 2. The number of hydrogen-bond donors (Lipinski definition) is 1. The van der Waals surface area contributed by atoms with Gasteiger partial charge in [0.05, 0.1) is 11.3 Å². The van der Waals surface area contributed by atoms with Gasteiger partial charge in [0.15, 0.2) is 6.17 Å². The summed E-state index contributed by atoms with van der Waals surface area (Å²) in [6, 6.07) is 19.0. The van der Waals surface area contributed by atoms with Crippen LogP contribution >= 0.6 is 0 Å². The predicted molar refractivity (Wildman–Crippen MR) is 90.3 cm³/mol. The summed E-state index contributed by atoms with van der Waals surface area (Å²) in [6.07, 6.45) is 1.17. The van der Waals surface area contributed by atoms with E-state index in [2.05, 4.69) is 10.3 Å². The molecule has 0 saturated carbocycles. The van der Waals surface area contributed by atoms with Crippen LogP contribution in [-0.4, -0.2) is 10.9 Å². The minimum Gasteiger partial charge on any atom is -0.360 e. The Balaban J connectivity index is 1.79. The second-order valence-electron chi connectivity index (χ2n) is 5.50. The fourth-order valence-electron chi connectivity index (χ4n) is 2.91. The van der Waals surface area contributed by atoms with Crippen molar-refractivity contribution in [2.75, 3.05) is 10.2 Å². The van der Waals surface area contributed by atoms with Crippen LogP contribution in [0.3, 0.4) is 0 Å². The zero-order valence-electron chi connectivity index (χ0n) is 12.7. The number of nitrogens with one attached hydrogen (secondary N) is 1. The van der Waals surface area contributed by atoms with Gasteiger partial charge in [0, 0.05) is 17.6 Å². The molecular weight excluding hydrogens is 305 g/mol. The van der Waals surface area contributed by atoms with E-state index in [1.165, 1.54) is 12.1 Å². The third-order valence-electron chi connectivity index (χ3n) is 3.97. The third-order valence-corrected chi connectivity index (χ3v) is 3.97. The van der Waals surface area contributed by atoms with E-state index in [1.807, 2.05) is 30.3 Å². The van der Waals surface area contributed by atoms with Gasteiger partial charge >= 0.3 is 0 Å². The molecule has 1 atom stereocenters. The Morgan fingerprint density at radius 3 is 2.62 bits per heavy atom. The van der Waals surface area contributed by atoms with Crippen molar-refractivity contribution < 1.29 is 9.18 Å². The van der Waals surface area contributed by atoms with E-state index in [-0.39, 0.29) is 11.7 Å². The second-order valence-corrected chi connectivity index (χ2v) is 5.50. The normalized spacial score (nSPS) is 16.1. The molecule has 118 valence electrons. The molecule has 0 bridgehead atoms. The highest BCUT2D eigenvalue weighted by molar-refractivity contribution is 6.11. The first-order valence-electron chi connectivity index (χ1n) is 7.60. The number of amides is 1. The molecule has 0 radical (unpaired) electrons. The lowest BCUT2D eigenvalue weighted by molar-refractivity contribution is 0.0993. The average Bonchev–Trinajstić information content (AvgIpc) is 2.88. The van der Waals surface area contributed by atoms with Gasteiger partial charge in [-0.2, -0.15) is 0 Å². The van der Waals surface area contributed by atoms with Crippen molar-refractivity contribution in [2.24, 2.45) is 0 Å². The topological polar surface area (TPSA) is 45.2 Å². The quantitative estimate of drug-likeness (QED) is 0.794. The first kappa shape index (κ1) is 14.4. The minimum absolute atomic E-state index is 0.127. The second kappa shape index (κ2) is 5.77. The third kappa shape index (κ3) is 2.40. The lowest BCUT2D eigenvalue weighted by atomic mass is 10.2. The van der Waals surface area contributed by atoms with Gasteiger partial charge in [0.2, 0.25) is 0 Å².